The molecule has 1 atom stereocenters. The topological polar surface area (TPSA) is 92.3 Å². The van der Waals surface area contributed by atoms with Crippen LogP contribution < -0.4 is 4.72 Å². The third-order valence-corrected chi connectivity index (χ3v) is 3.79. The highest BCUT2D eigenvalue weighted by Crippen LogP contribution is 2.21. The predicted octanol–water partition coefficient (Wildman–Crippen LogP) is 0.607. The molecule has 8 heteroatoms. The number of piperidine rings is 1. The third kappa shape index (κ3) is 3.89. The van der Waals surface area contributed by atoms with Gasteiger partial charge in [0.2, 0.25) is 15.9 Å². The molecule has 7 nitrogen and oxygen atoms in total. The maximum atomic E-state index is 11.9. The van der Waals surface area contributed by atoms with Crippen LogP contribution in [0.4, 0.5) is 5.69 Å². The van der Waals surface area contributed by atoms with Crippen LogP contribution in [0.5, 0.6) is 0 Å². The van der Waals surface area contributed by atoms with Gasteiger partial charge in [0, 0.05) is 13.0 Å². The zero-order valence-corrected chi connectivity index (χ0v) is 12.4. The molecule has 110 valence electrons. The quantitative estimate of drug-likeness (QED) is 0.879. The van der Waals surface area contributed by atoms with Gasteiger partial charge in [-0.25, -0.2) is 18.4 Å². The Balaban J connectivity index is 2.15. The molecule has 2 heterocycles. The van der Waals surface area contributed by atoms with Gasteiger partial charge < -0.3 is 4.90 Å². The van der Waals surface area contributed by atoms with E-state index in [9.17, 15) is 13.2 Å². The lowest BCUT2D eigenvalue weighted by molar-refractivity contribution is -0.135. The second-order valence-electron chi connectivity index (χ2n) is 5.17. The lowest BCUT2D eigenvalue weighted by atomic mass is 9.98. The summed E-state index contributed by atoms with van der Waals surface area (Å²) in [6.07, 6.45) is 5.30. The molecular weight excluding hydrogens is 280 g/mol. The minimum absolute atomic E-state index is 0.0765. The van der Waals surface area contributed by atoms with Gasteiger partial charge >= 0.3 is 0 Å². The van der Waals surface area contributed by atoms with Gasteiger partial charge in [-0.15, -0.1) is 0 Å². The van der Waals surface area contributed by atoms with Crippen LogP contribution in [0, 0.1) is 5.92 Å². The molecule has 0 radical (unpaired) electrons. The van der Waals surface area contributed by atoms with E-state index in [1.165, 1.54) is 12.5 Å². The largest absolute Gasteiger partial charge is 0.337 e. The number of hydrogen-bond acceptors (Lipinski definition) is 5. The molecule has 0 spiro atoms. The Kier molecular flexibility index (Phi) is 4.22. The molecule has 1 aromatic heterocycles. The first-order valence-electron chi connectivity index (χ1n) is 6.39. The first-order valence-corrected chi connectivity index (χ1v) is 8.29. The van der Waals surface area contributed by atoms with Crippen molar-refractivity contribution in [2.24, 2.45) is 5.92 Å². The van der Waals surface area contributed by atoms with Gasteiger partial charge in [-0.2, -0.15) is 0 Å². The van der Waals surface area contributed by atoms with Crippen LogP contribution in [0.15, 0.2) is 12.5 Å². The van der Waals surface area contributed by atoms with Gasteiger partial charge in [-0.05, 0) is 12.3 Å². The number of nitrogens with one attached hydrogen (secondary N) is 1. The number of sulfonamides is 1. The Labute approximate surface area is 118 Å². The van der Waals surface area contributed by atoms with Crippen molar-refractivity contribution in [3.8, 4) is 0 Å². The van der Waals surface area contributed by atoms with Crippen molar-refractivity contribution in [2.75, 3.05) is 17.5 Å². The van der Waals surface area contributed by atoms with Gasteiger partial charge in [-0.3, -0.25) is 9.52 Å². The Morgan fingerprint density at radius 2 is 2.25 bits per heavy atom. The van der Waals surface area contributed by atoms with E-state index in [0.29, 0.717) is 36.8 Å². The summed E-state index contributed by atoms with van der Waals surface area (Å²) in [5, 5.41) is 0. The number of hydrogen-bond donors (Lipinski definition) is 1. The molecule has 1 N–H and O–H groups in total. The van der Waals surface area contributed by atoms with Crippen LogP contribution >= 0.6 is 0 Å². The summed E-state index contributed by atoms with van der Waals surface area (Å²) in [5.74, 6) is 0.477. The van der Waals surface area contributed by atoms with E-state index in [1.54, 1.807) is 4.90 Å². The summed E-state index contributed by atoms with van der Waals surface area (Å²) in [4.78, 5) is 21.5. The monoisotopic (exact) mass is 298 g/mol. The highest BCUT2D eigenvalue weighted by Gasteiger charge is 2.24. The molecule has 1 aliphatic heterocycles. The van der Waals surface area contributed by atoms with Crippen LogP contribution in [0.1, 0.15) is 25.5 Å². The van der Waals surface area contributed by atoms with Crippen molar-refractivity contribution < 1.29 is 13.2 Å². The van der Waals surface area contributed by atoms with E-state index in [-0.39, 0.29) is 5.91 Å². The van der Waals surface area contributed by atoms with Crippen molar-refractivity contribution in [3.05, 3.63) is 18.2 Å². The van der Waals surface area contributed by atoms with Crippen LogP contribution in [0.2, 0.25) is 0 Å². The second-order valence-corrected chi connectivity index (χ2v) is 6.92. The van der Waals surface area contributed by atoms with E-state index in [1.807, 2.05) is 0 Å². The predicted molar refractivity (Wildman–Crippen MR) is 74.3 cm³/mol. The molecule has 0 aromatic carbocycles. The highest BCUT2D eigenvalue weighted by atomic mass is 32.2. The molecule has 1 aromatic rings. The number of nitrogens with zero attached hydrogens (tertiary/aromatic N) is 3. The normalized spacial score (nSPS) is 20.0. The zero-order valence-electron chi connectivity index (χ0n) is 11.5. The van der Waals surface area contributed by atoms with E-state index < -0.39 is 10.0 Å². The molecule has 1 unspecified atom stereocenters. The first kappa shape index (κ1) is 14.7. The Bertz CT molecular complexity index is 602. The minimum Gasteiger partial charge on any atom is -0.337 e. The molecule has 1 aliphatic rings. The molecule has 2 rings (SSSR count). The first-order chi connectivity index (χ1) is 9.35. The highest BCUT2D eigenvalue weighted by molar-refractivity contribution is 7.92. The number of carbonyl (C=O) groups is 1. The summed E-state index contributed by atoms with van der Waals surface area (Å²) in [6.45, 7) is 3.02. The van der Waals surface area contributed by atoms with Crippen LogP contribution in [-0.4, -0.2) is 42.0 Å². The smallest absolute Gasteiger partial charge is 0.229 e. The average molecular weight is 298 g/mol. The third-order valence-electron chi connectivity index (χ3n) is 3.20. The summed E-state index contributed by atoms with van der Waals surface area (Å²) in [7, 11) is -3.40. The Morgan fingerprint density at radius 1 is 1.50 bits per heavy atom. The van der Waals surface area contributed by atoms with Crippen molar-refractivity contribution >= 4 is 21.6 Å². The molecule has 1 fully saturated rings. The van der Waals surface area contributed by atoms with Gasteiger partial charge in [0.25, 0.3) is 0 Å². The molecular formula is C12H18N4O3S. The van der Waals surface area contributed by atoms with E-state index >= 15 is 0 Å². The molecule has 0 saturated carbocycles. The number of rotatable bonds is 4. The lowest BCUT2D eigenvalue weighted by Crippen LogP contribution is -2.38. The fourth-order valence-electron chi connectivity index (χ4n) is 2.14. The van der Waals surface area contributed by atoms with Gasteiger partial charge in [0.15, 0.2) is 0 Å². The number of carbonyl (C=O) groups excluding carboxylic acids is 1. The summed E-state index contributed by atoms with van der Waals surface area (Å²) < 4.78 is 25.0. The van der Waals surface area contributed by atoms with E-state index in [0.717, 1.165) is 12.7 Å². The average Bonchev–Trinajstić information content (AvgIpc) is 2.33. The lowest BCUT2D eigenvalue weighted by Gasteiger charge is -2.30. The summed E-state index contributed by atoms with van der Waals surface area (Å²) >= 11 is 0. The van der Waals surface area contributed by atoms with Crippen molar-refractivity contribution in [3.63, 3.8) is 0 Å². The molecule has 20 heavy (non-hydrogen) atoms. The van der Waals surface area contributed by atoms with Crippen LogP contribution in [0.3, 0.4) is 0 Å². The van der Waals surface area contributed by atoms with Crippen molar-refractivity contribution in [1.82, 2.24) is 14.9 Å². The SMILES string of the molecule is CC1CCN(Cc2ncncc2NS(C)(=O)=O)C(=O)C1. The fourth-order valence-corrected chi connectivity index (χ4v) is 2.71. The number of anilines is 1. The van der Waals surface area contributed by atoms with E-state index in [2.05, 4.69) is 21.6 Å². The number of likely N-dealkylation sites (tertiary alicyclic amines) is 1. The number of amides is 1. The van der Waals surface area contributed by atoms with Crippen molar-refractivity contribution in [2.45, 2.75) is 26.3 Å². The molecule has 1 saturated heterocycles. The maximum absolute atomic E-state index is 11.9. The second kappa shape index (κ2) is 5.74. The summed E-state index contributed by atoms with van der Waals surface area (Å²) in [6, 6.07) is 0. The van der Waals surface area contributed by atoms with Crippen LogP contribution in [0.25, 0.3) is 0 Å². The van der Waals surface area contributed by atoms with Gasteiger partial charge in [-0.1, -0.05) is 6.92 Å². The zero-order chi connectivity index (χ0) is 14.8. The van der Waals surface area contributed by atoms with Gasteiger partial charge in [0.05, 0.1) is 30.4 Å². The molecule has 1 amide bonds. The van der Waals surface area contributed by atoms with Crippen LogP contribution in [-0.2, 0) is 21.4 Å². The van der Waals surface area contributed by atoms with E-state index in [4.69, 9.17) is 0 Å². The van der Waals surface area contributed by atoms with Crippen molar-refractivity contribution in [1.29, 1.82) is 0 Å². The number of aromatic nitrogens is 2. The maximum Gasteiger partial charge on any atom is 0.229 e. The Morgan fingerprint density at radius 3 is 2.90 bits per heavy atom. The fraction of sp³-hybridized carbons (Fsp3) is 0.583. The summed E-state index contributed by atoms with van der Waals surface area (Å²) in [5.41, 5.74) is 0.828. The standard InChI is InChI=1S/C12H18N4O3S/c1-9-3-4-16(12(17)5-9)7-11-10(6-13-8-14-11)15-20(2,18)19/h6,8-9,15H,3-5,7H2,1-2H3. The minimum atomic E-state index is -3.40. The Hall–Kier alpha value is -1.70. The molecule has 0 aliphatic carbocycles. The molecule has 0 bridgehead atoms. The van der Waals surface area contributed by atoms with Gasteiger partial charge in [0.1, 0.15) is 6.33 Å².